The first-order valence-corrected chi connectivity index (χ1v) is 13.4. The molecule has 3 heterocycles. The first-order valence-electron chi connectivity index (χ1n) is 13.0. The van der Waals surface area contributed by atoms with Gasteiger partial charge >= 0.3 is 0 Å². The van der Waals surface area contributed by atoms with Crippen molar-refractivity contribution in [2.24, 2.45) is 5.92 Å². The summed E-state index contributed by atoms with van der Waals surface area (Å²) in [4.78, 5) is 26.7. The number of anilines is 1. The molecule has 4 aromatic rings. The maximum Gasteiger partial charge on any atom is 0.251 e. The van der Waals surface area contributed by atoms with Gasteiger partial charge in [0.15, 0.2) is 17.3 Å². The lowest BCUT2D eigenvalue weighted by Crippen LogP contribution is -2.32. The van der Waals surface area contributed by atoms with E-state index < -0.39 is 11.6 Å². The SMILES string of the molecule is CC(C)NC(=O)c1ccc(Cl)c(-c2nc3cnc(NCc4ccc(F)c(F)c4)nc3n2C[C@@H]2CCCNC2)c1. The van der Waals surface area contributed by atoms with Crippen molar-refractivity contribution < 1.29 is 13.6 Å². The van der Waals surface area contributed by atoms with E-state index in [0.29, 0.717) is 57.1 Å². The van der Waals surface area contributed by atoms with Gasteiger partial charge in [-0.15, -0.1) is 0 Å². The molecule has 8 nitrogen and oxygen atoms in total. The molecule has 2 aromatic heterocycles. The molecule has 1 fully saturated rings. The normalized spacial score (nSPS) is 15.6. The number of carbonyl (C=O) groups is 1. The average Bonchev–Trinajstić information content (AvgIpc) is 3.27. The van der Waals surface area contributed by atoms with Gasteiger partial charge in [0.2, 0.25) is 5.95 Å². The highest BCUT2D eigenvalue weighted by molar-refractivity contribution is 6.33. The molecule has 11 heteroatoms. The number of nitrogens with zero attached hydrogens (tertiary/aromatic N) is 4. The number of rotatable bonds is 8. The van der Waals surface area contributed by atoms with Gasteiger partial charge in [-0.2, -0.15) is 4.98 Å². The molecule has 1 aliphatic heterocycles. The van der Waals surface area contributed by atoms with E-state index in [4.69, 9.17) is 21.6 Å². The minimum Gasteiger partial charge on any atom is -0.350 e. The summed E-state index contributed by atoms with van der Waals surface area (Å²) in [5.41, 5.74) is 2.88. The summed E-state index contributed by atoms with van der Waals surface area (Å²) < 4.78 is 29.0. The van der Waals surface area contributed by atoms with Crippen LogP contribution in [0.5, 0.6) is 0 Å². The lowest BCUT2D eigenvalue weighted by atomic mass is 9.99. The standard InChI is InChI=1S/C28H30ClF2N7O/c1-16(2)35-27(39)19-6-7-21(29)20(11-19)25-36-24-14-34-28(33-13-17-5-8-22(30)23(31)10-17)37-26(24)38(25)15-18-4-3-9-32-12-18/h5-8,10-11,14,16,18,32H,3-4,9,12-13,15H2,1-2H3,(H,35,39)(H,33,34,37)/t18-/m1/s1. The Labute approximate surface area is 230 Å². The summed E-state index contributed by atoms with van der Waals surface area (Å²) in [7, 11) is 0. The summed E-state index contributed by atoms with van der Waals surface area (Å²) in [6.07, 6.45) is 3.76. The van der Waals surface area contributed by atoms with E-state index in [1.165, 1.54) is 6.07 Å². The molecule has 0 spiro atoms. The lowest BCUT2D eigenvalue weighted by molar-refractivity contribution is 0.0943. The van der Waals surface area contributed by atoms with Crippen molar-refractivity contribution >= 4 is 34.6 Å². The van der Waals surface area contributed by atoms with Crippen molar-refractivity contribution in [2.75, 3.05) is 18.4 Å². The molecule has 0 unspecified atom stereocenters. The smallest absolute Gasteiger partial charge is 0.251 e. The summed E-state index contributed by atoms with van der Waals surface area (Å²) in [5, 5.41) is 9.93. The highest BCUT2D eigenvalue weighted by Gasteiger charge is 2.23. The van der Waals surface area contributed by atoms with Gasteiger partial charge in [-0.3, -0.25) is 4.79 Å². The number of hydrogen-bond donors (Lipinski definition) is 3. The zero-order valence-corrected chi connectivity index (χ0v) is 22.5. The van der Waals surface area contributed by atoms with E-state index in [2.05, 4.69) is 20.9 Å². The van der Waals surface area contributed by atoms with Gasteiger partial charge in [0.05, 0.1) is 11.2 Å². The number of benzene rings is 2. The van der Waals surface area contributed by atoms with E-state index in [9.17, 15) is 13.6 Å². The number of carbonyl (C=O) groups excluding carboxylic acids is 1. The van der Waals surface area contributed by atoms with E-state index in [1.54, 1.807) is 24.4 Å². The minimum absolute atomic E-state index is 0.00685. The Bertz CT molecular complexity index is 1500. The highest BCUT2D eigenvalue weighted by Crippen LogP contribution is 2.32. The maximum atomic E-state index is 13.6. The van der Waals surface area contributed by atoms with Crippen LogP contribution in [-0.2, 0) is 13.1 Å². The molecule has 5 rings (SSSR count). The second-order valence-electron chi connectivity index (χ2n) is 10.1. The second kappa shape index (κ2) is 11.6. The molecule has 1 aliphatic rings. The number of amides is 1. The van der Waals surface area contributed by atoms with Crippen LogP contribution in [0, 0.1) is 17.6 Å². The Balaban J connectivity index is 1.53. The zero-order chi connectivity index (χ0) is 27.5. The first-order chi connectivity index (χ1) is 18.8. The Morgan fingerprint density at radius 1 is 1.18 bits per heavy atom. The molecular weight excluding hydrogens is 524 g/mol. The second-order valence-corrected chi connectivity index (χ2v) is 10.5. The Morgan fingerprint density at radius 3 is 2.77 bits per heavy atom. The molecule has 204 valence electrons. The highest BCUT2D eigenvalue weighted by atomic mass is 35.5. The van der Waals surface area contributed by atoms with Crippen LogP contribution in [0.3, 0.4) is 0 Å². The van der Waals surface area contributed by atoms with Crippen molar-refractivity contribution in [3.63, 3.8) is 0 Å². The number of halogens is 3. The van der Waals surface area contributed by atoms with Crippen LogP contribution in [-0.4, -0.2) is 44.6 Å². The molecule has 2 aromatic carbocycles. The van der Waals surface area contributed by atoms with Crippen LogP contribution in [0.25, 0.3) is 22.6 Å². The van der Waals surface area contributed by atoms with Gasteiger partial charge in [-0.25, -0.2) is 18.7 Å². The third-order valence-corrected chi connectivity index (χ3v) is 6.98. The summed E-state index contributed by atoms with van der Waals surface area (Å²) in [6, 6.07) is 8.89. The molecule has 0 bridgehead atoms. The zero-order valence-electron chi connectivity index (χ0n) is 21.8. The fraction of sp³-hybridized carbons (Fsp3) is 0.357. The molecule has 0 aliphatic carbocycles. The number of hydrogen-bond acceptors (Lipinski definition) is 6. The molecule has 39 heavy (non-hydrogen) atoms. The predicted molar refractivity (Wildman–Crippen MR) is 148 cm³/mol. The summed E-state index contributed by atoms with van der Waals surface area (Å²) >= 11 is 6.65. The van der Waals surface area contributed by atoms with Gasteiger partial charge in [0, 0.05) is 30.3 Å². The molecule has 0 radical (unpaired) electrons. The number of piperidine rings is 1. The summed E-state index contributed by atoms with van der Waals surface area (Å²) in [6.45, 7) is 6.54. The van der Waals surface area contributed by atoms with Gasteiger partial charge in [0.1, 0.15) is 11.3 Å². The Morgan fingerprint density at radius 2 is 2.03 bits per heavy atom. The van der Waals surface area contributed by atoms with Crippen molar-refractivity contribution in [1.29, 1.82) is 0 Å². The number of imidazole rings is 1. The lowest BCUT2D eigenvalue weighted by Gasteiger charge is -2.24. The molecule has 1 atom stereocenters. The van der Waals surface area contributed by atoms with E-state index in [-0.39, 0.29) is 18.5 Å². The molecule has 0 saturated carbocycles. The number of aromatic nitrogens is 4. The third kappa shape index (κ3) is 6.17. The van der Waals surface area contributed by atoms with Crippen molar-refractivity contribution in [2.45, 2.75) is 45.8 Å². The molecule has 1 amide bonds. The van der Waals surface area contributed by atoms with Crippen molar-refractivity contribution in [3.05, 3.63) is 70.4 Å². The fourth-order valence-corrected chi connectivity index (χ4v) is 4.94. The Kier molecular flexibility index (Phi) is 8.04. The Hall–Kier alpha value is -3.63. The minimum atomic E-state index is -0.907. The largest absolute Gasteiger partial charge is 0.350 e. The van der Waals surface area contributed by atoms with Crippen LogP contribution in [0.15, 0.2) is 42.6 Å². The average molecular weight is 554 g/mol. The van der Waals surface area contributed by atoms with Gasteiger partial charge in [0.25, 0.3) is 5.91 Å². The quantitative estimate of drug-likeness (QED) is 0.278. The number of fused-ring (bicyclic) bond motifs is 1. The van der Waals surface area contributed by atoms with Gasteiger partial charge < -0.3 is 20.5 Å². The van der Waals surface area contributed by atoms with Gasteiger partial charge in [-0.05, 0) is 81.6 Å². The maximum absolute atomic E-state index is 13.6. The monoisotopic (exact) mass is 553 g/mol. The van der Waals surface area contributed by atoms with E-state index in [0.717, 1.165) is 38.1 Å². The molecule has 1 saturated heterocycles. The fourth-order valence-electron chi connectivity index (χ4n) is 4.73. The predicted octanol–water partition coefficient (Wildman–Crippen LogP) is 5.17. The number of nitrogens with one attached hydrogen (secondary N) is 3. The van der Waals surface area contributed by atoms with Crippen molar-refractivity contribution in [1.82, 2.24) is 30.2 Å². The van der Waals surface area contributed by atoms with Crippen LogP contribution in [0.2, 0.25) is 5.02 Å². The molecule has 3 N–H and O–H groups in total. The van der Waals surface area contributed by atoms with Crippen LogP contribution < -0.4 is 16.0 Å². The van der Waals surface area contributed by atoms with E-state index in [1.807, 2.05) is 18.4 Å². The van der Waals surface area contributed by atoms with Gasteiger partial charge in [-0.1, -0.05) is 17.7 Å². The van der Waals surface area contributed by atoms with Crippen LogP contribution in [0.4, 0.5) is 14.7 Å². The van der Waals surface area contributed by atoms with Crippen LogP contribution in [0.1, 0.15) is 42.6 Å². The van der Waals surface area contributed by atoms with Crippen LogP contribution >= 0.6 is 11.6 Å². The third-order valence-electron chi connectivity index (χ3n) is 6.65. The van der Waals surface area contributed by atoms with Crippen molar-refractivity contribution in [3.8, 4) is 11.4 Å². The molecular formula is C28H30ClF2N7O. The topological polar surface area (TPSA) is 96.8 Å². The van der Waals surface area contributed by atoms with E-state index >= 15 is 0 Å². The summed E-state index contributed by atoms with van der Waals surface area (Å²) in [5.74, 6) is -0.699. The first kappa shape index (κ1) is 27.0.